The van der Waals surface area contributed by atoms with Crippen LogP contribution in [0.25, 0.3) is 0 Å². The van der Waals surface area contributed by atoms with Crippen LogP contribution in [0.4, 0.5) is 0 Å². The van der Waals surface area contributed by atoms with Gasteiger partial charge in [-0.25, -0.2) is 0 Å². The first-order valence-corrected chi connectivity index (χ1v) is 11.3. The maximum absolute atomic E-state index is 12.7. The number of phenolic OH excluding ortho intramolecular Hbond substituents is 2. The molecule has 1 rings (SSSR count). The van der Waals surface area contributed by atoms with E-state index in [0.29, 0.717) is 45.8 Å². The zero-order valence-electron chi connectivity index (χ0n) is 19.8. The van der Waals surface area contributed by atoms with Gasteiger partial charge in [-0.15, -0.1) is 0 Å². The highest BCUT2D eigenvalue weighted by Gasteiger charge is 2.31. The van der Waals surface area contributed by atoms with Crippen LogP contribution in [-0.4, -0.2) is 61.7 Å². The normalized spacial score (nSPS) is 12.4. The van der Waals surface area contributed by atoms with Crippen LogP contribution < -0.4 is 5.32 Å². The van der Waals surface area contributed by atoms with E-state index in [-0.39, 0.29) is 42.3 Å². The second-order valence-corrected chi connectivity index (χ2v) is 8.43. The monoisotopic (exact) mass is 453 g/mol. The maximum atomic E-state index is 12.7. The van der Waals surface area contributed by atoms with Gasteiger partial charge in [-0.3, -0.25) is 9.59 Å². The molecule has 32 heavy (non-hydrogen) atoms. The SMILES string of the molecule is CCOCCOCCOC(=O)CC(CC)CC(C)(C)C(=O)NCCc1ccc(O)c(O)c1. The van der Waals surface area contributed by atoms with Gasteiger partial charge in [0.15, 0.2) is 11.5 Å². The van der Waals surface area contributed by atoms with Crippen LogP contribution in [0.3, 0.4) is 0 Å². The Hall–Kier alpha value is -2.32. The molecule has 0 bridgehead atoms. The molecule has 3 N–H and O–H groups in total. The van der Waals surface area contributed by atoms with Crippen molar-refractivity contribution >= 4 is 11.9 Å². The van der Waals surface area contributed by atoms with Gasteiger partial charge in [0.1, 0.15) is 6.61 Å². The number of amides is 1. The van der Waals surface area contributed by atoms with Crippen LogP contribution in [0.1, 0.15) is 52.5 Å². The van der Waals surface area contributed by atoms with Gasteiger partial charge in [0.25, 0.3) is 0 Å². The number of esters is 1. The molecular formula is C24H39NO7. The first-order valence-electron chi connectivity index (χ1n) is 11.3. The minimum Gasteiger partial charge on any atom is -0.504 e. The number of aromatic hydroxyl groups is 2. The summed E-state index contributed by atoms with van der Waals surface area (Å²) in [6, 6.07) is 4.61. The summed E-state index contributed by atoms with van der Waals surface area (Å²) in [5.74, 6) is -0.680. The highest BCUT2D eigenvalue weighted by atomic mass is 16.6. The molecule has 0 radical (unpaired) electrons. The average molecular weight is 454 g/mol. The van der Waals surface area contributed by atoms with Gasteiger partial charge in [0, 0.05) is 25.0 Å². The van der Waals surface area contributed by atoms with Crippen LogP contribution >= 0.6 is 0 Å². The molecule has 0 aromatic heterocycles. The van der Waals surface area contributed by atoms with E-state index >= 15 is 0 Å². The Morgan fingerprint density at radius 2 is 1.72 bits per heavy atom. The summed E-state index contributed by atoms with van der Waals surface area (Å²) < 4.78 is 15.7. The van der Waals surface area contributed by atoms with Crippen molar-refractivity contribution in [3.63, 3.8) is 0 Å². The molecule has 1 amide bonds. The largest absolute Gasteiger partial charge is 0.504 e. The van der Waals surface area contributed by atoms with E-state index in [2.05, 4.69) is 5.32 Å². The average Bonchev–Trinajstić information content (AvgIpc) is 2.74. The van der Waals surface area contributed by atoms with Gasteiger partial charge in [-0.1, -0.05) is 33.3 Å². The summed E-state index contributed by atoms with van der Waals surface area (Å²) in [5, 5.41) is 21.9. The third-order valence-electron chi connectivity index (χ3n) is 5.25. The predicted molar refractivity (Wildman–Crippen MR) is 122 cm³/mol. The number of benzene rings is 1. The lowest BCUT2D eigenvalue weighted by molar-refractivity contribution is -0.147. The molecule has 0 saturated carbocycles. The van der Waals surface area contributed by atoms with Crippen LogP contribution in [0.15, 0.2) is 18.2 Å². The topological polar surface area (TPSA) is 114 Å². The van der Waals surface area contributed by atoms with Gasteiger partial charge >= 0.3 is 5.97 Å². The minimum atomic E-state index is -0.638. The third kappa shape index (κ3) is 10.8. The fourth-order valence-electron chi connectivity index (χ4n) is 3.33. The Labute approximate surface area is 191 Å². The Kier molecular flexibility index (Phi) is 12.7. The van der Waals surface area contributed by atoms with Gasteiger partial charge in [0.05, 0.1) is 19.8 Å². The predicted octanol–water partition coefficient (Wildman–Crippen LogP) is 3.19. The molecule has 8 heteroatoms. The summed E-state index contributed by atoms with van der Waals surface area (Å²) in [5.41, 5.74) is 0.176. The van der Waals surface area contributed by atoms with E-state index < -0.39 is 5.41 Å². The number of carbonyl (C=O) groups is 2. The Balaban J connectivity index is 2.36. The Bertz CT molecular complexity index is 706. The Morgan fingerprint density at radius 3 is 2.38 bits per heavy atom. The molecule has 8 nitrogen and oxygen atoms in total. The van der Waals surface area contributed by atoms with Crippen molar-refractivity contribution in [1.29, 1.82) is 0 Å². The van der Waals surface area contributed by atoms with Crippen LogP contribution in [0.2, 0.25) is 0 Å². The van der Waals surface area contributed by atoms with E-state index in [9.17, 15) is 19.8 Å². The van der Waals surface area contributed by atoms with Crippen molar-refractivity contribution in [1.82, 2.24) is 5.32 Å². The number of rotatable bonds is 16. The second kappa shape index (κ2) is 14.7. The molecule has 1 unspecified atom stereocenters. The molecule has 0 aliphatic carbocycles. The van der Waals surface area contributed by atoms with Crippen LogP contribution in [-0.2, 0) is 30.2 Å². The first kappa shape index (κ1) is 27.7. The molecule has 0 fully saturated rings. The summed E-state index contributed by atoms with van der Waals surface area (Å²) in [4.78, 5) is 24.8. The molecule has 0 spiro atoms. The first-order chi connectivity index (χ1) is 15.2. The molecular weight excluding hydrogens is 414 g/mol. The fourth-order valence-corrected chi connectivity index (χ4v) is 3.33. The quantitative estimate of drug-likeness (QED) is 0.200. The molecule has 1 atom stereocenters. The number of nitrogens with one attached hydrogen (secondary N) is 1. The zero-order chi connectivity index (χ0) is 24.0. The number of ether oxygens (including phenoxy) is 3. The van der Waals surface area contributed by atoms with E-state index in [1.54, 1.807) is 6.07 Å². The van der Waals surface area contributed by atoms with E-state index in [1.807, 2.05) is 27.7 Å². The summed E-state index contributed by atoms with van der Waals surface area (Å²) in [6.45, 7) is 10.3. The summed E-state index contributed by atoms with van der Waals surface area (Å²) in [7, 11) is 0. The molecule has 1 aromatic carbocycles. The van der Waals surface area contributed by atoms with Crippen molar-refractivity contribution in [2.45, 2.75) is 53.4 Å². The van der Waals surface area contributed by atoms with Gasteiger partial charge in [-0.2, -0.15) is 0 Å². The van der Waals surface area contributed by atoms with Gasteiger partial charge in [-0.05, 0) is 43.4 Å². The fraction of sp³-hybridized carbons (Fsp3) is 0.667. The minimum absolute atomic E-state index is 0.0381. The van der Waals surface area contributed by atoms with Crippen LogP contribution in [0, 0.1) is 11.3 Å². The third-order valence-corrected chi connectivity index (χ3v) is 5.25. The van der Waals surface area contributed by atoms with Crippen molar-refractivity contribution < 1.29 is 34.0 Å². The zero-order valence-corrected chi connectivity index (χ0v) is 19.8. The second-order valence-electron chi connectivity index (χ2n) is 8.43. The summed E-state index contributed by atoms with van der Waals surface area (Å²) in [6.07, 6.45) is 2.13. The number of hydrogen-bond donors (Lipinski definition) is 3. The molecule has 1 aromatic rings. The van der Waals surface area contributed by atoms with Crippen molar-refractivity contribution in [3.05, 3.63) is 23.8 Å². The standard InChI is InChI=1S/C24H39NO7/c1-5-18(16-22(28)32-14-13-31-12-11-30-6-2)17-24(3,4)23(29)25-10-9-19-7-8-20(26)21(27)15-19/h7-8,15,18,26-27H,5-6,9-14,16-17H2,1-4H3,(H,25,29). The van der Waals surface area contributed by atoms with Gasteiger partial charge < -0.3 is 29.7 Å². The number of hydrogen-bond acceptors (Lipinski definition) is 7. The number of carbonyl (C=O) groups excluding carboxylic acids is 2. The lowest BCUT2D eigenvalue weighted by Gasteiger charge is -2.28. The molecule has 182 valence electrons. The van der Waals surface area contributed by atoms with Gasteiger partial charge in [0.2, 0.25) is 5.91 Å². The number of phenols is 2. The van der Waals surface area contributed by atoms with Crippen LogP contribution in [0.5, 0.6) is 11.5 Å². The lowest BCUT2D eigenvalue weighted by Crippen LogP contribution is -2.39. The van der Waals surface area contributed by atoms with E-state index in [4.69, 9.17) is 14.2 Å². The molecule has 0 aliphatic rings. The van der Waals surface area contributed by atoms with Crippen molar-refractivity contribution in [2.75, 3.05) is 39.6 Å². The summed E-state index contributed by atoms with van der Waals surface area (Å²) >= 11 is 0. The lowest BCUT2D eigenvalue weighted by atomic mass is 9.79. The highest BCUT2D eigenvalue weighted by Crippen LogP contribution is 2.30. The molecule has 0 aliphatic heterocycles. The van der Waals surface area contributed by atoms with Crippen molar-refractivity contribution in [3.8, 4) is 11.5 Å². The molecule has 0 saturated heterocycles. The maximum Gasteiger partial charge on any atom is 0.306 e. The smallest absolute Gasteiger partial charge is 0.306 e. The Morgan fingerprint density at radius 1 is 1.03 bits per heavy atom. The van der Waals surface area contributed by atoms with E-state index in [1.165, 1.54) is 12.1 Å². The van der Waals surface area contributed by atoms with E-state index in [0.717, 1.165) is 12.0 Å². The molecule has 0 heterocycles. The highest BCUT2D eigenvalue weighted by molar-refractivity contribution is 5.81. The van der Waals surface area contributed by atoms with Crippen molar-refractivity contribution in [2.24, 2.45) is 11.3 Å².